The summed E-state index contributed by atoms with van der Waals surface area (Å²) >= 11 is 0. The zero-order valence-corrected chi connectivity index (χ0v) is 16.7. The number of rotatable bonds is 17. The Balaban J connectivity index is 1.81. The van der Waals surface area contributed by atoms with Gasteiger partial charge in [-0.25, -0.2) is 4.79 Å². The fraction of sp³-hybridized carbons (Fsp3) is 0.810. The highest BCUT2D eigenvalue weighted by Crippen LogP contribution is 2.12. The fourth-order valence-electron chi connectivity index (χ4n) is 3.28. The maximum Gasteiger partial charge on any atom is 0.325 e. The van der Waals surface area contributed by atoms with Crippen molar-refractivity contribution in [2.45, 2.75) is 103 Å². The molecule has 3 N–H and O–H groups in total. The highest BCUT2D eigenvalue weighted by atomic mass is 16.2. The van der Waals surface area contributed by atoms with Crippen LogP contribution in [0.25, 0.3) is 0 Å². The summed E-state index contributed by atoms with van der Waals surface area (Å²) in [5, 5.41) is 3.28. The van der Waals surface area contributed by atoms with Gasteiger partial charge in [0.25, 0.3) is 5.56 Å². The van der Waals surface area contributed by atoms with Crippen LogP contribution in [-0.2, 0) is 6.54 Å². The molecular weight excluding hydrogens is 326 g/mol. The molecule has 5 nitrogen and oxygen atoms in total. The standard InChI is InChI=1S/C21H39N3O2/c1-2-3-4-5-6-7-8-9-10-11-12-13-14-15-16-22-18-19-17-20(25)24-21(26)23-19/h17,22H,2-16,18H2,1H3,(H2,23,24,25,26). The molecule has 0 saturated heterocycles. The first kappa shape index (κ1) is 22.7. The Morgan fingerprint density at radius 1 is 0.731 bits per heavy atom. The largest absolute Gasteiger partial charge is 0.325 e. The number of nitrogens with one attached hydrogen (secondary N) is 3. The molecule has 0 unspecified atom stereocenters. The third kappa shape index (κ3) is 12.9. The molecule has 0 bridgehead atoms. The highest BCUT2D eigenvalue weighted by Gasteiger charge is 1.97. The molecular formula is C21H39N3O2. The maximum atomic E-state index is 11.2. The fourth-order valence-corrected chi connectivity index (χ4v) is 3.28. The van der Waals surface area contributed by atoms with Crippen molar-refractivity contribution >= 4 is 0 Å². The normalized spacial score (nSPS) is 11.1. The van der Waals surface area contributed by atoms with E-state index in [1.807, 2.05) is 0 Å². The van der Waals surface area contributed by atoms with E-state index in [-0.39, 0.29) is 5.56 Å². The van der Waals surface area contributed by atoms with Crippen LogP contribution in [0.1, 0.15) is 103 Å². The lowest BCUT2D eigenvalue weighted by atomic mass is 10.0. The van der Waals surface area contributed by atoms with E-state index >= 15 is 0 Å². The zero-order chi connectivity index (χ0) is 18.9. The van der Waals surface area contributed by atoms with Crippen LogP contribution >= 0.6 is 0 Å². The van der Waals surface area contributed by atoms with Gasteiger partial charge in [0.2, 0.25) is 0 Å². The van der Waals surface area contributed by atoms with Gasteiger partial charge in [0.05, 0.1) is 0 Å². The smallest absolute Gasteiger partial charge is 0.311 e. The van der Waals surface area contributed by atoms with E-state index in [2.05, 4.69) is 22.2 Å². The Hall–Kier alpha value is -1.36. The van der Waals surface area contributed by atoms with E-state index in [1.165, 1.54) is 89.5 Å². The molecule has 5 heteroatoms. The molecule has 0 aliphatic rings. The number of hydrogen-bond acceptors (Lipinski definition) is 3. The predicted octanol–water partition coefficient (Wildman–Crippen LogP) is 4.63. The van der Waals surface area contributed by atoms with E-state index in [1.54, 1.807) is 0 Å². The van der Waals surface area contributed by atoms with Crippen LogP contribution in [0.4, 0.5) is 0 Å². The number of aromatic amines is 2. The van der Waals surface area contributed by atoms with E-state index in [9.17, 15) is 9.59 Å². The molecule has 1 rings (SSSR count). The first-order valence-electron chi connectivity index (χ1n) is 10.8. The average Bonchev–Trinajstić information content (AvgIpc) is 2.60. The molecule has 0 spiro atoms. The van der Waals surface area contributed by atoms with Crippen molar-refractivity contribution in [3.8, 4) is 0 Å². The van der Waals surface area contributed by atoms with Gasteiger partial charge in [-0.15, -0.1) is 0 Å². The second-order valence-corrected chi connectivity index (χ2v) is 7.39. The van der Waals surface area contributed by atoms with Crippen LogP contribution in [-0.4, -0.2) is 16.5 Å². The lowest BCUT2D eigenvalue weighted by molar-refractivity contribution is 0.529. The Labute approximate surface area is 158 Å². The molecule has 0 aliphatic heterocycles. The van der Waals surface area contributed by atoms with Crippen molar-refractivity contribution in [2.75, 3.05) is 6.54 Å². The molecule has 0 radical (unpaired) electrons. The van der Waals surface area contributed by atoms with Gasteiger partial charge < -0.3 is 10.3 Å². The van der Waals surface area contributed by atoms with Crippen molar-refractivity contribution in [3.05, 3.63) is 32.6 Å². The second-order valence-electron chi connectivity index (χ2n) is 7.39. The highest BCUT2D eigenvalue weighted by molar-refractivity contribution is 4.97. The van der Waals surface area contributed by atoms with Crippen LogP contribution < -0.4 is 16.6 Å². The topological polar surface area (TPSA) is 77.8 Å². The van der Waals surface area contributed by atoms with Crippen LogP contribution in [0.2, 0.25) is 0 Å². The monoisotopic (exact) mass is 365 g/mol. The van der Waals surface area contributed by atoms with Gasteiger partial charge in [0, 0.05) is 18.3 Å². The SMILES string of the molecule is CCCCCCCCCCCCCCCCNCc1cc(=O)[nH]c(=O)[nH]1. The van der Waals surface area contributed by atoms with Crippen LogP contribution in [0.5, 0.6) is 0 Å². The van der Waals surface area contributed by atoms with Crippen molar-refractivity contribution in [3.63, 3.8) is 0 Å². The molecule has 26 heavy (non-hydrogen) atoms. The summed E-state index contributed by atoms with van der Waals surface area (Å²) in [4.78, 5) is 27.1. The number of hydrogen-bond donors (Lipinski definition) is 3. The molecule has 1 heterocycles. The first-order valence-corrected chi connectivity index (χ1v) is 10.8. The molecule has 0 aliphatic carbocycles. The minimum Gasteiger partial charge on any atom is -0.311 e. The predicted molar refractivity (Wildman–Crippen MR) is 110 cm³/mol. The van der Waals surface area contributed by atoms with Gasteiger partial charge >= 0.3 is 5.69 Å². The van der Waals surface area contributed by atoms with Gasteiger partial charge in [-0.1, -0.05) is 90.4 Å². The lowest BCUT2D eigenvalue weighted by Crippen LogP contribution is -2.26. The minimum absolute atomic E-state index is 0.345. The number of aromatic nitrogens is 2. The molecule has 1 aromatic heterocycles. The summed E-state index contributed by atoms with van der Waals surface area (Å²) in [6.07, 6.45) is 19.1. The average molecular weight is 366 g/mol. The van der Waals surface area contributed by atoms with E-state index in [0.29, 0.717) is 12.2 Å². The van der Waals surface area contributed by atoms with Gasteiger partial charge in [-0.05, 0) is 13.0 Å². The lowest BCUT2D eigenvalue weighted by Gasteiger charge is -2.05. The number of H-pyrrole nitrogens is 2. The van der Waals surface area contributed by atoms with E-state index in [4.69, 9.17) is 0 Å². The summed E-state index contributed by atoms with van der Waals surface area (Å²) in [5.41, 5.74) is -0.142. The minimum atomic E-state index is -0.439. The molecule has 0 aromatic carbocycles. The Bertz CT molecular complexity index is 522. The van der Waals surface area contributed by atoms with Gasteiger partial charge in [-0.2, -0.15) is 0 Å². The summed E-state index contributed by atoms with van der Waals surface area (Å²) in [6, 6.07) is 1.43. The van der Waals surface area contributed by atoms with Crippen LogP contribution in [0, 0.1) is 0 Å². The Morgan fingerprint density at radius 2 is 1.23 bits per heavy atom. The number of unbranched alkanes of at least 4 members (excludes halogenated alkanes) is 13. The molecule has 0 amide bonds. The molecule has 0 saturated carbocycles. The summed E-state index contributed by atoms with van der Waals surface area (Å²) in [5.74, 6) is 0. The van der Waals surface area contributed by atoms with Gasteiger partial charge in [0.15, 0.2) is 0 Å². The van der Waals surface area contributed by atoms with Crippen LogP contribution in [0.3, 0.4) is 0 Å². The third-order valence-corrected chi connectivity index (χ3v) is 4.84. The molecule has 0 atom stereocenters. The van der Waals surface area contributed by atoms with Gasteiger partial charge in [-0.3, -0.25) is 9.78 Å². The maximum absolute atomic E-state index is 11.2. The summed E-state index contributed by atoms with van der Waals surface area (Å²) < 4.78 is 0. The van der Waals surface area contributed by atoms with Crippen molar-refractivity contribution in [2.24, 2.45) is 0 Å². The molecule has 1 aromatic rings. The van der Waals surface area contributed by atoms with E-state index < -0.39 is 5.69 Å². The molecule has 0 fully saturated rings. The third-order valence-electron chi connectivity index (χ3n) is 4.84. The second kappa shape index (κ2) is 15.9. The van der Waals surface area contributed by atoms with E-state index in [0.717, 1.165) is 13.0 Å². The molecule has 150 valence electrons. The van der Waals surface area contributed by atoms with Gasteiger partial charge in [0.1, 0.15) is 0 Å². The zero-order valence-electron chi connectivity index (χ0n) is 16.7. The first-order chi connectivity index (χ1) is 12.7. The van der Waals surface area contributed by atoms with Crippen molar-refractivity contribution in [1.82, 2.24) is 15.3 Å². The summed E-state index contributed by atoms with van der Waals surface area (Å²) in [7, 11) is 0. The summed E-state index contributed by atoms with van der Waals surface area (Å²) in [6.45, 7) is 3.73. The Kier molecular flexibility index (Phi) is 13.8. The quantitative estimate of drug-likeness (QED) is 0.352. The van der Waals surface area contributed by atoms with Crippen LogP contribution in [0.15, 0.2) is 15.7 Å². The Morgan fingerprint density at radius 3 is 1.73 bits per heavy atom. The van der Waals surface area contributed by atoms with Crippen molar-refractivity contribution in [1.29, 1.82) is 0 Å². The van der Waals surface area contributed by atoms with Crippen molar-refractivity contribution < 1.29 is 0 Å².